The molecule has 0 spiro atoms. The van der Waals surface area contributed by atoms with Gasteiger partial charge in [0, 0.05) is 29.6 Å². The first kappa shape index (κ1) is 12.9. The molecule has 0 aliphatic carbocycles. The maximum Gasteiger partial charge on any atom is 0.0434 e. The molecular formula is C13H13BrClNS. The summed E-state index contributed by atoms with van der Waals surface area (Å²) < 4.78 is 0. The van der Waals surface area contributed by atoms with Gasteiger partial charge < -0.3 is 4.90 Å². The van der Waals surface area contributed by atoms with Crippen molar-refractivity contribution in [3.05, 3.63) is 51.2 Å². The molecule has 1 heterocycles. The molecule has 1 aromatic carbocycles. The summed E-state index contributed by atoms with van der Waals surface area (Å²) in [5, 5.41) is 5.90. The van der Waals surface area contributed by atoms with Crippen LogP contribution in [-0.4, -0.2) is 7.05 Å². The van der Waals surface area contributed by atoms with Crippen molar-refractivity contribution in [2.45, 2.75) is 11.9 Å². The minimum absolute atomic E-state index is 0.780. The van der Waals surface area contributed by atoms with Crippen molar-refractivity contribution < 1.29 is 0 Å². The molecule has 0 aliphatic heterocycles. The van der Waals surface area contributed by atoms with Gasteiger partial charge in [-0.3, -0.25) is 0 Å². The fraction of sp³-hybridized carbons (Fsp3) is 0.231. The zero-order valence-electron chi connectivity index (χ0n) is 9.49. The lowest BCUT2D eigenvalue weighted by atomic mass is 10.2. The van der Waals surface area contributed by atoms with Crippen molar-refractivity contribution in [1.29, 1.82) is 0 Å². The van der Waals surface area contributed by atoms with Crippen LogP contribution in [0, 0.1) is 0 Å². The van der Waals surface area contributed by atoms with Crippen LogP contribution in [0.5, 0.6) is 0 Å². The number of benzene rings is 1. The van der Waals surface area contributed by atoms with Gasteiger partial charge in [-0.15, -0.1) is 0 Å². The minimum Gasteiger partial charge on any atom is -0.370 e. The number of hydrogen-bond donors (Lipinski definition) is 0. The second-order valence-corrected chi connectivity index (χ2v) is 5.67. The van der Waals surface area contributed by atoms with Gasteiger partial charge in [-0.05, 0) is 40.1 Å². The molecule has 2 aromatic rings. The third-order valence-electron chi connectivity index (χ3n) is 2.60. The number of hydrogen-bond acceptors (Lipinski definition) is 2. The van der Waals surface area contributed by atoms with E-state index in [4.69, 9.17) is 11.6 Å². The number of rotatable bonds is 4. The summed E-state index contributed by atoms with van der Waals surface area (Å²) in [6.07, 6.45) is 0. The lowest BCUT2D eigenvalue weighted by Crippen LogP contribution is -2.17. The molecule has 2 rings (SSSR count). The van der Waals surface area contributed by atoms with Crippen molar-refractivity contribution in [2.24, 2.45) is 0 Å². The normalized spacial score (nSPS) is 10.5. The standard InChI is InChI=1S/C13H13BrClNS/c1-16(8-10-4-5-17-9-10)13-6-12(15)3-2-11(13)7-14/h2-6,9H,7-8H2,1H3. The molecule has 0 saturated carbocycles. The second-order valence-electron chi connectivity index (χ2n) is 3.89. The Kier molecular flexibility index (Phi) is 4.48. The van der Waals surface area contributed by atoms with Crippen molar-refractivity contribution in [1.82, 2.24) is 0 Å². The average molecular weight is 331 g/mol. The highest BCUT2D eigenvalue weighted by molar-refractivity contribution is 9.08. The molecule has 0 radical (unpaired) electrons. The summed E-state index contributed by atoms with van der Waals surface area (Å²) in [5.74, 6) is 0. The summed E-state index contributed by atoms with van der Waals surface area (Å²) in [4.78, 5) is 2.23. The molecule has 1 aromatic heterocycles. The Morgan fingerprint density at radius 1 is 1.35 bits per heavy atom. The fourth-order valence-electron chi connectivity index (χ4n) is 1.75. The maximum atomic E-state index is 6.06. The van der Waals surface area contributed by atoms with Gasteiger partial charge in [-0.2, -0.15) is 11.3 Å². The van der Waals surface area contributed by atoms with Gasteiger partial charge in [0.2, 0.25) is 0 Å². The van der Waals surface area contributed by atoms with Crippen LogP contribution in [-0.2, 0) is 11.9 Å². The van der Waals surface area contributed by atoms with Crippen LogP contribution in [0.2, 0.25) is 5.02 Å². The van der Waals surface area contributed by atoms with E-state index in [1.165, 1.54) is 16.8 Å². The third kappa shape index (κ3) is 3.24. The first-order chi connectivity index (χ1) is 8.20. The number of alkyl halides is 1. The molecule has 90 valence electrons. The molecule has 0 saturated heterocycles. The number of anilines is 1. The molecule has 17 heavy (non-hydrogen) atoms. The monoisotopic (exact) mass is 329 g/mol. The zero-order valence-corrected chi connectivity index (χ0v) is 12.6. The Morgan fingerprint density at radius 2 is 2.18 bits per heavy atom. The summed E-state index contributed by atoms with van der Waals surface area (Å²) >= 11 is 11.3. The van der Waals surface area contributed by atoms with Gasteiger partial charge in [0.1, 0.15) is 0 Å². The molecule has 0 aliphatic rings. The minimum atomic E-state index is 0.780. The Labute approximate surface area is 119 Å². The van der Waals surface area contributed by atoms with Gasteiger partial charge in [0.05, 0.1) is 0 Å². The van der Waals surface area contributed by atoms with Gasteiger partial charge in [0.25, 0.3) is 0 Å². The summed E-state index contributed by atoms with van der Waals surface area (Å²) in [5.41, 5.74) is 3.77. The van der Waals surface area contributed by atoms with E-state index in [-0.39, 0.29) is 0 Å². The van der Waals surface area contributed by atoms with Crippen LogP contribution in [0.4, 0.5) is 5.69 Å². The molecule has 4 heteroatoms. The number of nitrogens with zero attached hydrogens (tertiary/aromatic N) is 1. The highest BCUT2D eigenvalue weighted by atomic mass is 79.9. The second kappa shape index (κ2) is 5.89. The molecule has 0 bridgehead atoms. The van der Waals surface area contributed by atoms with Gasteiger partial charge in [0.15, 0.2) is 0 Å². The summed E-state index contributed by atoms with van der Waals surface area (Å²) in [6, 6.07) is 8.17. The summed E-state index contributed by atoms with van der Waals surface area (Å²) in [6.45, 7) is 0.907. The molecule has 0 unspecified atom stereocenters. The van der Waals surface area contributed by atoms with Crippen LogP contribution in [0.15, 0.2) is 35.0 Å². The SMILES string of the molecule is CN(Cc1ccsc1)c1cc(Cl)ccc1CBr. The molecule has 0 N–H and O–H groups in total. The fourth-order valence-corrected chi connectivity index (χ4v) is 3.05. The van der Waals surface area contributed by atoms with Crippen LogP contribution in [0.25, 0.3) is 0 Å². The van der Waals surface area contributed by atoms with Crippen LogP contribution in [0.1, 0.15) is 11.1 Å². The van der Waals surface area contributed by atoms with E-state index in [2.05, 4.69) is 50.8 Å². The van der Waals surface area contributed by atoms with Crippen LogP contribution in [0.3, 0.4) is 0 Å². The smallest absolute Gasteiger partial charge is 0.0434 e. The molecule has 1 nitrogen and oxygen atoms in total. The van der Waals surface area contributed by atoms with Crippen molar-refractivity contribution in [2.75, 3.05) is 11.9 Å². The molecule has 0 atom stereocenters. The molecule has 0 fully saturated rings. The quantitative estimate of drug-likeness (QED) is 0.718. The Hall–Kier alpha value is -0.510. The lowest BCUT2D eigenvalue weighted by molar-refractivity contribution is 0.921. The topological polar surface area (TPSA) is 3.24 Å². The van der Waals surface area contributed by atoms with Crippen LogP contribution < -0.4 is 4.90 Å². The summed E-state index contributed by atoms with van der Waals surface area (Å²) in [7, 11) is 2.09. The first-order valence-corrected chi connectivity index (χ1v) is 7.71. The Balaban J connectivity index is 2.23. The largest absolute Gasteiger partial charge is 0.370 e. The third-order valence-corrected chi connectivity index (χ3v) is 4.17. The average Bonchev–Trinajstić information content (AvgIpc) is 2.81. The highest BCUT2D eigenvalue weighted by Crippen LogP contribution is 2.27. The predicted molar refractivity (Wildman–Crippen MR) is 80.5 cm³/mol. The van der Waals surface area contributed by atoms with E-state index in [1.807, 2.05) is 12.1 Å². The number of thiophene rings is 1. The van der Waals surface area contributed by atoms with E-state index in [0.717, 1.165) is 16.9 Å². The van der Waals surface area contributed by atoms with E-state index in [1.54, 1.807) is 11.3 Å². The maximum absolute atomic E-state index is 6.06. The predicted octanol–water partition coefficient (Wildman–Crippen LogP) is 4.93. The Morgan fingerprint density at radius 3 is 2.82 bits per heavy atom. The first-order valence-electron chi connectivity index (χ1n) is 5.27. The highest BCUT2D eigenvalue weighted by Gasteiger charge is 2.08. The van der Waals surface area contributed by atoms with Crippen LogP contribution >= 0.6 is 38.9 Å². The Bertz CT molecular complexity index is 484. The lowest BCUT2D eigenvalue weighted by Gasteiger charge is -2.21. The van der Waals surface area contributed by atoms with Gasteiger partial charge >= 0.3 is 0 Å². The van der Waals surface area contributed by atoms with E-state index in [0.29, 0.717) is 0 Å². The molecule has 0 amide bonds. The van der Waals surface area contributed by atoms with Gasteiger partial charge in [-0.1, -0.05) is 33.6 Å². The van der Waals surface area contributed by atoms with Gasteiger partial charge in [-0.25, -0.2) is 0 Å². The molecular weight excluding hydrogens is 318 g/mol. The van der Waals surface area contributed by atoms with E-state index in [9.17, 15) is 0 Å². The van der Waals surface area contributed by atoms with Crippen molar-refractivity contribution in [3.63, 3.8) is 0 Å². The van der Waals surface area contributed by atoms with Crippen molar-refractivity contribution >= 4 is 44.6 Å². The number of halogens is 2. The van der Waals surface area contributed by atoms with Crippen molar-refractivity contribution in [3.8, 4) is 0 Å². The van der Waals surface area contributed by atoms with E-state index >= 15 is 0 Å². The van der Waals surface area contributed by atoms with E-state index < -0.39 is 0 Å². The zero-order chi connectivity index (χ0) is 12.3.